The summed E-state index contributed by atoms with van der Waals surface area (Å²) in [7, 11) is 4.16. The summed E-state index contributed by atoms with van der Waals surface area (Å²) in [5.41, 5.74) is 5.33. The molecule has 0 bridgehead atoms. The van der Waals surface area contributed by atoms with E-state index >= 15 is 0 Å². The van der Waals surface area contributed by atoms with Crippen molar-refractivity contribution in [3.8, 4) is 5.75 Å². The Morgan fingerprint density at radius 1 is 0.812 bits per heavy atom. The van der Waals surface area contributed by atoms with Crippen LogP contribution in [0.1, 0.15) is 55.2 Å². The zero-order chi connectivity index (χ0) is 22.6. The van der Waals surface area contributed by atoms with E-state index < -0.39 is 0 Å². The minimum Gasteiger partial charge on any atom is -0.487 e. The summed E-state index contributed by atoms with van der Waals surface area (Å²) in [5, 5.41) is 0. The maximum absolute atomic E-state index is 6.27. The van der Waals surface area contributed by atoms with E-state index in [0.717, 1.165) is 25.1 Å². The van der Waals surface area contributed by atoms with Crippen molar-refractivity contribution in [1.29, 1.82) is 0 Å². The van der Waals surface area contributed by atoms with Crippen LogP contribution in [0.4, 0.5) is 0 Å². The Kier molecular flexibility index (Phi) is 6.81. The van der Waals surface area contributed by atoms with Gasteiger partial charge >= 0.3 is 0 Å². The van der Waals surface area contributed by atoms with Crippen molar-refractivity contribution in [3.05, 3.63) is 108 Å². The predicted octanol–water partition coefficient (Wildman–Crippen LogP) is 7.15. The van der Waals surface area contributed by atoms with Crippen LogP contribution in [0.15, 0.2) is 91.0 Å². The summed E-state index contributed by atoms with van der Waals surface area (Å²) in [6, 6.07) is 30.6. The van der Waals surface area contributed by atoms with E-state index in [0.29, 0.717) is 11.8 Å². The number of likely N-dealkylation sites (N-methyl/N-ethyl adjacent to an activating group) is 1. The number of nitrogens with zero attached hydrogens (tertiary/aromatic N) is 1. The van der Waals surface area contributed by atoms with Crippen molar-refractivity contribution >= 4 is 5.57 Å². The molecule has 0 heterocycles. The lowest BCUT2D eigenvalue weighted by Gasteiger charge is -2.31. The fraction of sp³-hybridized carbons (Fsp3) is 0.333. The van der Waals surface area contributed by atoms with Gasteiger partial charge in [-0.1, -0.05) is 78.9 Å². The lowest BCUT2D eigenvalue weighted by molar-refractivity contribution is 0.0775. The second kappa shape index (κ2) is 9.75. The van der Waals surface area contributed by atoms with Crippen molar-refractivity contribution in [1.82, 2.24) is 4.90 Å². The molecule has 2 unspecified atom stereocenters. The second-order valence-corrected chi connectivity index (χ2v) is 9.88. The van der Waals surface area contributed by atoms with Gasteiger partial charge in [0.1, 0.15) is 11.4 Å². The highest BCUT2D eigenvalue weighted by molar-refractivity contribution is 5.69. The van der Waals surface area contributed by atoms with Crippen LogP contribution >= 0.6 is 0 Å². The van der Waals surface area contributed by atoms with Crippen LogP contribution in [0.25, 0.3) is 5.57 Å². The first-order valence-electron chi connectivity index (χ1n) is 11.6. The minimum atomic E-state index is -0.230. The molecular formula is C30H35NO. The van der Waals surface area contributed by atoms with E-state index in [1.807, 2.05) is 0 Å². The highest BCUT2D eigenvalue weighted by atomic mass is 16.5. The third kappa shape index (κ3) is 5.69. The summed E-state index contributed by atoms with van der Waals surface area (Å²) >= 11 is 0. The topological polar surface area (TPSA) is 12.5 Å². The SMILES string of the molecule is CN(C)CC(C)(C)Oc1ccc(C2=CC(c3ccccc3)CC(c3ccccc3)C2)cc1. The Balaban J connectivity index is 1.59. The van der Waals surface area contributed by atoms with Crippen molar-refractivity contribution in [2.75, 3.05) is 20.6 Å². The molecule has 0 spiro atoms. The average molecular weight is 426 g/mol. The molecule has 0 amide bonds. The third-order valence-electron chi connectivity index (χ3n) is 6.22. The number of hydrogen-bond acceptors (Lipinski definition) is 2. The lowest BCUT2D eigenvalue weighted by atomic mass is 9.75. The van der Waals surface area contributed by atoms with Crippen LogP contribution in [-0.4, -0.2) is 31.1 Å². The minimum absolute atomic E-state index is 0.230. The molecule has 0 saturated heterocycles. The first kappa shape index (κ1) is 22.4. The van der Waals surface area contributed by atoms with Crippen LogP contribution in [0.2, 0.25) is 0 Å². The molecule has 2 nitrogen and oxygen atoms in total. The molecule has 2 atom stereocenters. The van der Waals surface area contributed by atoms with Gasteiger partial charge in [0.05, 0.1) is 0 Å². The zero-order valence-electron chi connectivity index (χ0n) is 19.8. The van der Waals surface area contributed by atoms with Crippen molar-refractivity contribution in [2.24, 2.45) is 0 Å². The summed E-state index contributed by atoms with van der Waals surface area (Å²) in [6.07, 6.45) is 4.71. The van der Waals surface area contributed by atoms with Gasteiger partial charge in [-0.2, -0.15) is 0 Å². The van der Waals surface area contributed by atoms with Crippen molar-refractivity contribution in [2.45, 2.75) is 44.1 Å². The first-order chi connectivity index (χ1) is 15.4. The van der Waals surface area contributed by atoms with Gasteiger partial charge in [-0.15, -0.1) is 0 Å². The van der Waals surface area contributed by atoms with Crippen LogP contribution < -0.4 is 4.74 Å². The molecule has 0 radical (unpaired) electrons. The van der Waals surface area contributed by atoms with E-state index in [1.54, 1.807) is 0 Å². The van der Waals surface area contributed by atoms with Gasteiger partial charge in [0.2, 0.25) is 0 Å². The fourth-order valence-corrected chi connectivity index (χ4v) is 5.01. The molecule has 1 aliphatic carbocycles. The maximum Gasteiger partial charge on any atom is 0.120 e. The molecule has 3 aromatic rings. The number of allylic oxidation sites excluding steroid dienone is 2. The van der Waals surface area contributed by atoms with E-state index in [1.165, 1.54) is 22.3 Å². The smallest absolute Gasteiger partial charge is 0.120 e. The summed E-state index contributed by atoms with van der Waals surface area (Å²) in [6.45, 7) is 5.15. The third-order valence-corrected chi connectivity index (χ3v) is 6.22. The van der Waals surface area contributed by atoms with Gasteiger partial charge in [-0.05, 0) is 81.1 Å². The normalized spacial score (nSPS) is 19.0. The van der Waals surface area contributed by atoms with Crippen molar-refractivity contribution < 1.29 is 4.74 Å². The molecule has 32 heavy (non-hydrogen) atoms. The summed E-state index contributed by atoms with van der Waals surface area (Å²) in [5.74, 6) is 1.88. The largest absolute Gasteiger partial charge is 0.487 e. The Bertz CT molecular complexity index is 1020. The highest BCUT2D eigenvalue weighted by Gasteiger charge is 2.26. The van der Waals surface area contributed by atoms with E-state index in [4.69, 9.17) is 4.74 Å². The summed E-state index contributed by atoms with van der Waals surface area (Å²) < 4.78 is 6.27. The molecule has 3 aromatic carbocycles. The van der Waals surface area contributed by atoms with E-state index in [2.05, 4.69) is 124 Å². The van der Waals surface area contributed by atoms with Gasteiger partial charge in [0.15, 0.2) is 0 Å². The lowest BCUT2D eigenvalue weighted by Crippen LogP contribution is -2.39. The van der Waals surface area contributed by atoms with Crippen LogP contribution in [0.3, 0.4) is 0 Å². The monoisotopic (exact) mass is 425 g/mol. The predicted molar refractivity (Wildman–Crippen MR) is 135 cm³/mol. The van der Waals surface area contributed by atoms with E-state index in [-0.39, 0.29) is 5.60 Å². The molecule has 0 aliphatic heterocycles. The van der Waals surface area contributed by atoms with Crippen LogP contribution in [-0.2, 0) is 0 Å². The second-order valence-electron chi connectivity index (χ2n) is 9.88. The van der Waals surface area contributed by atoms with Crippen molar-refractivity contribution in [3.63, 3.8) is 0 Å². The molecule has 0 aromatic heterocycles. The zero-order valence-corrected chi connectivity index (χ0v) is 19.8. The molecule has 0 N–H and O–H groups in total. The Hall–Kier alpha value is -2.84. The molecule has 4 rings (SSSR count). The Labute approximate surface area is 193 Å². The van der Waals surface area contributed by atoms with Gasteiger partial charge in [0.25, 0.3) is 0 Å². The molecule has 0 saturated carbocycles. The van der Waals surface area contributed by atoms with Gasteiger partial charge in [0, 0.05) is 12.5 Å². The molecule has 1 aliphatic rings. The molecule has 2 heteroatoms. The average Bonchev–Trinajstić information content (AvgIpc) is 2.79. The Morgan fingerprint density at radius 2 is 1.41 bits per heavy atom. The molecule has 0 fully saturated rings. The van der Waals surface area contributed by atoms with Gasteiger partial charge in [-0.3, -0.25) is 0 Å². The number of ether oxygens (including phenoxy) is 1. The molecular weight excluding hydrogens is 390 g/mol. The highest BCUT2D eigenvalue weighted by Crippen LogP contribution is 2.43. The number of rotatable bonds is 7. The van der Waals surface area contributed by atoms with Crippen LogP contribution in [0.5, 0.6) is 5.75 Å². The van der Waals surface area contributed by atoms with Crippen LogP contribution in [0, 0.1) is 0 Å². The van der Waals surface area contributed by atoms with Gasteiger partial charge in [-0.25, -0.2) is 0 Å². The standard InChI is InChI=1S/C30H35NO/c1-30(2,22-31(3)4)32-29-17-15-25(16-18-29)28-20-26(23-11-7-5-8-12-23)19-27(21-28)24-13-9-6-10-14-24/h5-18,20,26-27H,19,21-22H2,1-4H3. The first-order valence-corrected chi connectivity index (χ1v) is 11.6. The van der Waals surface area contributed by atoms with E-state index in [9.17, 15) is 0 Å². The number of hydrogen-bond donors (Lipinski definition) is 0. The molecule has 166 valence electrons. The Morgan fingerprint density at radius 3 is 2.00 bits per heavy atom. The maximum atomic E-state index is 6.27. The fourth-order valence-electron chi connectivity index (χ4n) is 5.01. The van der Waals surface area contributed by atoms with Gasteiger partial charge < -0.3 is 9.64 Å². The quantitative estimate of drug-likeness (QED) is 0.398. The number of benzene rings is 3. The summed E-state index contributed by atoms with van der Waals surface area (Å²) in [4.78, 5) is 2.16.